The molecule has 0 bridgehead atoms. The number of fused-ring (bicyclic) bond motifs is 1. The first-order valence-electron chi connectivity index (χ1n) is 7.76. The number of rotatable bonds is 5. The van der Waals surface area contributed by atoms with Crippen LogP contribution in [0.25, 0.3) is 0 Å². The van der Waals surface area contributed by atoms with Gasteiger partial charge in [-0.25, -0.2) is 4.98 Å². The number of thiazole rings is 1. The molecule has 0 radical (unpaired) electrons. The molecule has 1 aliphatic heterocycles. The number of amides is 1. The van der Waals surface area contributed by atoms with Crippen LogP contribution in [0.4, 0.5) is 0 Å². The first kappa shape index (κ1) is 17.0. The molecule has 0 saturated carbocycles. The van der Waals surface area contributed by atoms with E-state index in [4.69, 9.17) is 21.1 Å². The number of methoxy groups -OCH3 is 1. The molecule has 24 heavy (non-hydrogen) atoms. The lowest BCUT2D eigenvalue weighted by atomic mass is 9.95. The standard InChI is InChI=1S/C17H19ClN2O3S/c1-10-16(18)24-14(20-10)6-7-19-17(21)12-8-11-4-3-5-13(22-2)15(11)23-9-12/h3-5,12H,6-9H2,1-2H3,(H,19,21)/t12-/m1/s1. The van der Waals surface area contributed by atoms with Crippen LogP contribution >= 0.6 is 22.9 Å². The highest BCUT2D eigenvalue weighted by molar-refractivity contribution is 7.16. The van der Waals surface area contributed by atoms with Crippen molar-refractivity contribution in [1.29, 1.82) is 0 Å². The second kappa shape index (κ2) is 7.40. The zero-order valence-corrected chi connectivity index (χ0v) is 15.2. The van der Waals surface area contributed by atoms with Gasteiger partial charge in [0.15, 0.2) is 11.5 Å². The van der Waals surface area contributed by atoms with E-state index in [9.17, 15) is 4.79 Å². The van der Waals surface area contributed by atoms with Crippen LogP contribution in [-0.2, 0) is 17.6 Å². The van der Waals surface area contributed by atoms with Crippen molar-refractivity contribution in [3.63, 3.8) is 0 Å². The molecule has 1 aromatic heterocycles. The number of carbonyl (C=O) groups is 1. The average molecular weight is 367 g/mol. The zero-order chi connectivity index (χ0) is 17.1. The average Bonchev–Trinajstić information content (AvgIpc) is 2.91. The summed E-state index contributed by atoms with van der Waals surface area (Å²) in [4.78, 5) is 16.7. The summed E-state index contributed by atoms with van der Waals surface area (Å²) in [6.07, 6.45) is 1.34. The van der Waals surface area contributed by atoms with Crippen molar-refractivity contribution in [3.05, 3.63) is 38.8 Å². The van der Waals surface area contributed by atoms with Gasteiger partial charge in [-0.1, -0.05) is 23.7 Å². The van der Waals surface area contributed by atoms with Crippen LogP contribution in [0.15, 0.2) is 18.2 Å². The fraction of sp³-hybridized carbons (Fsp3) is 0.412. The van der Waals surface area contributed by atoms with Crippen LogP contribution in [0.5, 0.6) is 11.5 Å². The number of benzene rings is 1. The molecule has 1 amide bonds. The summed E-state index contributed by atoms with van der Waals surface area (Å²) < 4.78 is 11.8. The van der Waals surface area contributed by atoms with Crippen LogP contribution in [0.2, 0.25) is 4.34 Å². The Balaban J connectivity index is 1.54. The molecule has 2 heterocycles. The number of halogens is 1. The number of aromatic nitrogens is 1. The van der Waals surface area contributed by atoms with Crippen LogP contribution in [0, 0.1) is 12.8 Å². The van der Waals surface area contributed by atoms with Crippen LogP contribution in [-0.4, -0.2) is 31.2 Å². The Morgan fingerprint density at radius 2 is 2.38 bits per heavy atom. The molecule has 7 heteroatoms. The lowest BCUT2D eigenvalue weighted by Gasteiger charge is -2.25. The van der Waals surface area contributed by atoms with Gasteiger partial charge in [-0.05, 0) is 25.0 Å². The first-order valence-corrected chi connectivity index (χ1v) is 8.96. The van der Waals surface area contributed by atoms with E-state index < -0.39 is 0 Å². The van der Waals surface area contributed by atoms with Gasteiger partial charge in [0.25, 0.3) is 0 Å². The van der Waals surface area contributed by atoms with Crippen LogP contribution in [0.3, 0.4) is 0 Å². The number of nitrogens with one attached hydrogen (secondary N) is 1. The van der Waals surface area contributed by atoms with Crippen molar-refractivity contribution >= 4 is 28.8 Å². The molecular weight excluding hydrogens is 348 g/mol. The lowest BCUT2D eigenvalue weighted by molar-refractivity contribution is -0.126. The number of hydrogen-bond donors (Lipinski definition) is 1. The molecule has 1 aromatic carbocycles. The van der Waals surface area contributed by atoms with Crippen molar-refractivity contribution in [2.45, 2.75) is 19.8 Å². The third kappa shape index (κ3) is 3.65. The minimum atomic E-state index is -0.189. The Morgan fingerprint density at radius 1 is 1.54 bits per heavy atom. The maximum Gasteiger partial charge on any atom is 0.226 e. The predicted octanol–water partition coefficient (Wildman–Crippen LogP) is 3.02. The third-order valence-electron chi connectivity index (χ3n) is 3.97. The number of aryl methyl sites for hydroxylation is 1. The van der Waals surface area contributed by atoms with Gasteiger partial charge < -0.3 is 14.8 Å². The molecule has 5 nitrogen and oxygen atoms in total. The SMILES string of the molecule is COc1cccc2c1OC[C@H](C(=O)NCCc1nc(C)c(Cl)s1)C2. The van der Waals surface area contributed by atoms with Gasteiger partial charge in [-0.15, -0.1) is 11.3 Å². The number of para-hydroxylation sites is 1. The predicted molar refractivity (Wildman–Crippen MR) is 94.3 cm³/mol. The Labute approximate surface area is 150 Å². The third-order valence-corrected chi connectivity index (χ3v) is 5.48. The molecule has 1 aliphatic rings. The van der Waals surface area contributed by atoms with Gasteiger partial charge in [-0.2, -0.15) is 0 Å². The molecule has 0 fully saturated rings. The van der Waals surface area contributed by atoms with Gasteiger partial charge in [0.05, 0.1) is 23.7 Å². The smallest absolute Gasteiger partial charge is 0.226 e. The van der Waals surface area contributed by atoms with Crippen LogP contribution in [0.1, 0.15) is 16.3 Å². The summed E-state index contributed by atoms with van der Waals surface area (Å²) in [5.41, 5.74) is 1.84. The molecule has 0 aliphatic carbocycles. The number of carbonyl (C=O) groups excluding carboxylic acids is 1. The highest BCUT2D eigenvalue weighted by Crippen LogP contribution is 2.36. The maximum absolute atomic E-state index is 12.4. The lowest BCUT2D eigenvalue weighted by Crippen LogP contribution is -2.38. The second-order valence-corrected chi connectivity index (χ2v) is 7.35. The molecule has 2 aromatic rings. The van der Waals surface area contributed by atoms with Gasteiger partial charge in [0.2, 0.25) is 5.91 Å². The Morgan fingerprint density at radius 3 is 3.08 bits per heavy atom. The summed E-state index contributed by atoms with van der Waals surface area (Å²) >= 11 is 7.47. The molecule has 128 valence electrons. The largest absolute Gasteiger partial charge is 0.493 e. The van der Waals surface area contributed by atoms with E-state index in [1.807, 2.05) is 25.1 Å². The van der Waals surface area contributed by atoms with Crippen molar-refractivity contribution in [2.24, 2.45) is 5.92 Å². The fourth-order valence-corrected chi connectivity index (χ4v) is 3.79. The van der Waals surface area contributed by atoms with Crippen molar-refractivity contribution in [3.8, 4) is 11.5 Å². The molecule has 3 rings (SSSR count). The fourth-order valence-electron chi connectivity index (χ4n) is 2.70. The first-order chi connectivity index (χ1) is 11.6. The van der Waals surface area contributed by atoms with Crippen molar-refractivity contribution in [2.75, 3.05) is 20.3 Å². The van der Waals surface area contributed by atoms with E-state index in [-0.39, 0.29) is 11.8 Å². The Kier molecular flexibility index (Phi) is 5.26. The second-order valence-electron chi connectivity index (χ2n) is 5.67. The Hall–Kier alpha value is -1.79. The highest BCUT2D eigenvalue weighted by atomic mass is 35.5. The van der Waals surface area contributed by atoms with Gasteiger partial charge in [-0.3, -0.25) is 4.79 Å². The number of ether oxygens (including phenoxy) is 2. The highest BCUT2D eigenvalue weighted by Gasteiger charge is 2.27. The molecular formula is C17H19ClN2O3S. The van der Waals surface area contributed by atoms with E-state index in [0.717, 1.165) is 22.0 Å². The van der Waals surface area contributed by atoms with E-state index in [1.165, 1.54) is 11.3 Å². The maximum atomic E-state index is 12.4. The molecule has 0 spiro atoms. The van der Waals surface area contributed by atoms with Gasteiger partial charge in [0, 0.05) is 13.0 Å². The monoisotopic (exact) mass is 366 g/mol. The Bertz CT molecular complexity index is 728. The molecule has 0 saturated heterocycles. The van der Waals surface area contributed by atoms with Crippen molar-refractivity contribution < 1.29 is 14.3 Å². The van der Waals surface area contributed by atoms with Gasteiger partial charge in [0.1, 0.15) is 10.9 Å². The summed E-state index contributed by atoms with van der Waals surface area (Å²) in [6, 6.07) is 5.74. The molecule has 1 atom stereocenters. The van der Waals surface area contributed by atoms with E-state index in [0.29, 0.717) is 36.1 Å². The van der Waals surface area contributed by atoms with Gasteiger partial charge >= 0.3 is 0 Å². The zero-order valence-electron chi connectivity index (χ0n) is 13.6. The minimum absolute atomic E-state index is 0.00263. The summed E-state index contributed by atoms with van der Waals surface area (Å²) in [5, 5.41) is 3.90. The summed E-state index contributed by atoms with van der Waals surface area (Å²) in [6.45, 7) is 2.79. The number of hydrogen-bond acceptors (Lipinski definition) is 5. The number of nitrogens with zero attached hydrogens (tertiary/aromatic N) is 1. The van der Waals surface area contributed by atoms with E-state index >= 15 is 0 Å². The minimum Gasteiger partial charge on any atom is -0.493 e. The summed E-state index contributed by atoms with van der Waals surface area (Å²) in [7, 11) is 1.62. The quantitative estimate of drug-likeness (QED) is 0.883. The molecule has 0 unspecified atom stereocenters. The summed E-state index contributed by atoms with van der Waals surface area (Å²) in [5.74, 6) is 1.27. The molecule has 1 N–H and O–H groups in total. The van der Waals surface area contributed by atoms with E-state index in [1.54, 1.807) is 7.11 Å². The van der Waals surface area contributed by atoms with Crippen molar-refractivity contribution in [1.82, 2.24) is 10.3 Å². The normalized spacial score (nSPS) is 16.2. The topological polar surface area (TPSA) is 60.5 Å². The van der Waals surface area contributed by atoms with E-state index in [2.05, 4.69) is 10.3 Å². The van der Waals surface area contributed by atoms with Crippen LogP contribution < -0.4 is 14.8 Å².